The summed E-state index contributed by atoms with van der Waals surface area (Å²) in [4.78, 5) is 1.52. The van der Waals surface area contributed by atoms with Crippen molar-refractivity contribution in [3.63, 3.8) is 0 Å². The Hall–Kier alpha value is -2.06. The molecule has 1 fully saturated rings. The molecule has 2 rings (SSSR count). The molecule has 0 aromatic heterocycles. The van der Waals surface area contributed by atoms with Gasteiger partial charge < -0.3 is 15.0 Å². The van der Waals surface area contributed by atoms with Crippen molar-refractivity contribution in [1.29, 1.82) is 5.26 Å². The fourth-order valence-electron chi connectivity index (χ4n) is 2.72. The zero-order valence-corrected chi connectivity index (χ0v) is 15.3. The highest BCUT2D eigenvalue weighted by Gasteiger charge is 2.37. The Morgan fingerprint density at radius 2 is 1.79 bits per heavy atom. The van der Waals surface area contributed by atoms with Crippen LogP contribution in [0.5, 0.6) is 0 Å². The van der Waals surface area contributed by atoms with Gasteiger partial charge in [-0.25, -0.2) is 0 Å². The van der Waals surface area contributed by atoms with Gasteiger partial charge in [-0.05, 0) is 43.3 Å². The lowest BCUT2D eigenvalue weighted by Gasteiger charge is -2.28. The molecule has 11 heteroatoms. The third kappa shape index (κ3) is 6.24. The van der Waals surface area contributed by atoms with E-state index < -0.39 is 29.2 Å². The third-order valence-electron chi connectivity index (χ3n) is 4.07. The quantitative estimate of drug-likeness (QED) is 0.542. The first-order valence-electron chi connectivity index (χ1n) is 8.34. The van der Waals surface area contributed by atoms with E-state index in [9.17, 15) is 26.3 Å². The van der Waals surface area contributed by atoms with Gasteiger partial charge in [-0.2, -0.15) is 31.6 Å². The summed E-state index contributed by atoms with van der Waals surface area (Å²) in [5, 5.41) is 11.1. The second-order valence-corrected chi connectivity index (χ2v) is 6.60. The second kappa shape index (κ2) is 8.96. The van der Waals surface area contributed by atoms with Crippen LogP contribution in [0, 0.1) is 11.3 Å². The van der Waals surface area contributed by atoms with Crippen molar-refractivity contribution < 1.29 is 31.1 Å². The van der Waals surface area contributed by atoms with Crippen molar-refractivity contribution in [2.75, 3.05) is 25.0 Å². The van der Waals surface area contributed by atoms with Crippen LogP contribution in [0.3, 0.4) is 0 Å². The Morgan fingerprint density at radius 3 is 2.25 bits per heavy atom. The fourth-order valence-corrected chi connectivity index (χ4v) is 3.01. The van der Waals surface area contributed by atoms with Gasteiger partial charge in [0.2, 0.25) is 0 Å². The summed E-state index contributed by atoms with van der Waals surface area (Å²) in [5.41, 5.74) is -3.30. The number of nitrogens with zero attached hydrogens (tertiary/aromatic N) is 2. The average molecular weight is 425 g/mol. The summed E-state index contributed by atoms with van der Waals surface area (Å²) in [6.07, 6.45) is -8.36. The molecule has 0 radical (unpaired) electrons. The molecule has 28 heavy (non-hydrogen) atoms. The number of nitriles is 1. The molecule has 1 saturated heterocycles. The maximum Gasteiger partial charge on any atom is 0.416 e. The van der Waals surface area contributed by atoms with E-state index in [1.54, 1.807) is 0 Å². The van der Waals surface area contributed by atoms with Crippen LogP contribution in [-0.2, 0) is 17.1 Å². The van der Waals surface area contributed by atoms with E-state index in [2.05, 4.69) is 5.32 Å². The highest BCUT2D eigenvalue weighted by Crippen LogP contribution is 2.37. The SMILES string of the molecule is N#CCCN(C[C@@H]1CCCO1)C(=S)Nc1cc(C(F)(F)F)cc(C(F)(F)F)c1. The molecule has 1 atom stereocenters. The van der Waals surface area contributed by atoms with E-state index in [1.807, 2.05) is 6.07 Å². The van der Waals surface area contributed by atoms with Crippen LogP contribution in [0.2, 0.25) is 0 Å². The number of thiocarbonyl (C=S) groups is 1. The van der Waals surface area contributed by atoms with Gasteiger partial charge in [0.05, 0.1) is 29.7 Å². The second-order valence-electron chi connectivity index (χ2n) is 6.21. The molecule has 1 aliphatic rings. The molecule has 0 aliphatic carbocycles. The number of ether oxygens (including phenoxy) is 1. The van der Waals surface area contributed by atoms with Crippen LogP contribution in [0.4, 0.5) is 32.0 Å². The Labute approximate surface area is 163 Å². The molecule has 1 N–H and O–H groups in total. The minimum atomic E-state index is -4.95. The Bertz CT molecular complexity index is 706. The van der Waals surface area contributed by atoms with Gasteiger partial charge in [0.1, 0.15) is 0 Å². The number of hydrogen-bond acceptors (Lipinski definition) is 3. The lowest BCUT2D eigenvalue weighted by atomic mass is 10.1. The first-order valence-corrected chi connectivity index (χ1v) is 8.75. The molecule has 0 bridgehead atoms. The molecule has 0 unspecified atom stereocenters. The molecule has 1 heterocycles. The Kier molecular flexibility index (Phi) is 7.11. The number of benzene rings is 1. The van der Waals surface area contributed by atoms with Crippen molar-refractivity contribution in [1.82, 2.24) is 4.90 Å². The maximum absolute atomic E-state index is 13.0. The smallest absolute Gasteiger partial charge is 0.376 e. The molecule has 1 aromatic rings. The summed E-state index contributed by atoms with van der Waals surface area (Å²) in [6.45, 7) is 1.03. The monoisotopic (exact) mass is 425 g/mol. The first-order chi connectivity index (χ1) is 13.0. The van der Waals surface area contributed by atoms with Gasteiger partial charge in [-0.15, -0.1) is 0 Å². The standard InChI is InChI=1S/C17H17F6N3OS/c18-16(19,20)11-7-12(17(21,22)23)9-13(8-11)25-15(28)26(5-2-4-24)10-14-3-1-6-27-14/h7-9,14H,1-3,5-6,10H2,(H,25,28)/t14-/m0/s1. The number of hydrogen-bond donors (Lipinski definition) is 1. The number of nitrogens with one attached hydrogen (secondary N) is 1. The first kappa shape index (κ1) is 22.2. The maximum atomic E-state index is 13.0. The van der Waals surface area contributed by atoms with Crippen molar-refractivity contribution in [3.8, 4) is 6.07 Å². The van der Waals surface area contributed by atoms with Gasteiger partial charge in [-0.1, -0.05) is 0 Å². The summed E-state index contributed by atoms with van der Waals surface area (Å²) in [6, 6.07) is 3.11. The summed E-state index contributed by atoms with van der Waals surface area (Å²) in [7, 11) is 0. The van der Waals surface area contributed by atoms with E-state index in [-0.39, 0.29) is 30.2 Å². The number of rotatable bonds is 5. The van der Waals surface area contributed by atoms with Crippen LogP contribution in [0.1, 0.15) is 30.4 Å². The molecule has 4 nitrogen and oxygen atoms in total. The Morgan fingerprint density at radius 1 is 1.18 bits per heavy atom. The van der Waals surface area contributed by atoms with E-state index in [1.165, 1.54) is 4.90 Å². The average Bonchev–Trinajstić information content (AvgIpc) is 3.09. The molecule has 154 valence electrons. The van der Waals surface area contributed by atoms with Gasteiger partial charge in [-0.3, -0.25) is 0 Å². The zero-order valence-electron chi connectivity index (χ0n) is 14.5. The van der Waals surface area contributed by atoms with Crippen molar-refractivity contribution in [3.05, 3.63) is 29.3 Å². The number of halogens is 6. The number of alkyl halides is 6. The Balaban J connectivity index is 2.24. The molecule has 0 saturated carbocycles. The molecular formula is C17H17F6N3OS. The minimum Gasteiger partial charge on any atom is -0.376 e. The highest BCUT2D eigenvalue weighted by atomic mass is 32.1. The fraction of sp³-hybridized carbons (Fsp3) is 0.529. The lowest BCUT2D eigenvalue weighted by Crippen LogP contribution is -2.40. The van der Waals surface area contributed by atoms with Crippen molar-refractivity contribution >= 4 is 23.0 Å². The van der Waals surface area contributed by atoms with E-state index in [0.29, 0.717) is 25.3 Å². The summed E-state index contributed by atoms with van der Waals surface area (Å²) < 4.78 is 83.4. The van der Waals surface area contributed by atoms with Crippen molar-refractivity contribution in [2.45, 2.75) is 37.7 Å². The summed E-state index contributed by atoms with van der Waals surface area (Å²) >= 11 is 5.17. The molecular weight excluding hydrogens is 408 g/mol. The predicted octanol–water partition coefficient (Wildman–Crippen LogP) is 4.82. The molecule has 0 spiro atoms. The van der Waals surface area contributed by atoms with Crippen LogP contribution in [-0.4, -0.2) is 35.8 Å². The van der Waals surface area contributed by atoms with Gasteiger partial charge in [0, 0.05) is 25.4 Å². The van der Waals surface area contributed by atoms with E-state index >= 15 is 0 Å². The van der Waals surface area contributed by atoms with Gasteiger partial charge in [0.25, 0.3) is 0 Å². The van der Waals surface area contributed by atoms with Crippen molar-refractivity contribution in [2.24, 2.45) is 0 Å². The predicted molar refractivity (Wildman–Crippen MR) is 93.4 cm³/mol. The minimum absolute atomic E-state index is 0.0496. The lowest BCUT2D eigenvalue weighted by molar-refractivity contribution is -0.143. The topological polar surface area (TPSA) is 48.3 Å². The molecule has 1 aliphatic heterocycles. The van der Waals surface area contributed by atoms with Crippen LogP contribution in [0.25, 0.3) is 0 Å². The highest BCUT2D eigenvalue weighted by molar-refractivity contribution is 7.80. The zero-order chi connectivity index (χ0) is 20.9. The van der Waals surface area contributed by atoms with Crippen LogP contribution in [0.15, 0.2) is 18.2 Å². The van der Waals surface area contributed by atoms with E-state index in [4.69, 9.17) is 22.2 Å². The van der Waals surface area contributed by atoms with Gasteiger partial charge >= 0.3 is 12.4 Å². The van der Waals surface area contributed by atoms with Crippen LogP contribution < -0.4 is 5.32 Å². The van der Waals surface area contributed by atoms with Gasteiger partial charge in [0.15, 0.2) is 5.11 Å². The third-order valence-corrected chi connectivity index (χ3v) is 4.43. The molecule has 0 amide bonds. The normalized spacial score (nSPS) is 17.2. The number of anilines is 1. The van der Waals surface area contributed by atoms with E-state index in [0.717, 1.165) is 12.8 Å². The van der Waals surface area contributed by atoms with Crippen LogP contribution >= 0.6 is 12.2 Å². The summed E-state index contributed by atoms with van der Waals surface area (Å²) in [5.74, 6) is 0. The largest absolute Gasteiger partial charge is 0.416 e. The molecule has 1 aromatic carbocycles.